The second-order valence-corrected chi connectivity index (χ2v) is 9.45. The fourth-order valence-electron chi connectivity index (χ4n) is 3.06. The van der Waals surface area contributed by atoms with Gasteiger partial charge in [-0.3, -0.25) is 20.4 Å². The van der Waals surface area contributed by atoms with Crippen molar-refractivity contribution in [3.05, 3.63) is 34.9 Å². The molecule has 2 N–H and O–H groups in total. The van der Waals surface area contributed by atoms with E-state index in [-0.39, 0.29) is 41.6 Å². The molecule has 0 spiro atoms. The van der Waals surface area contributed by atoms with E-state index < -0.39 is 15.8 Å². The number of halogens is 1. The lowest BCUT2D eigenvalue weighted by molar-refractivity contribution is -0.130. The van der Waals surface area contributed by atoms with Crippen LogP contribution in [0.4, 0.5) is 0 Å². The third-order valence-corrected chi connectivity index (χ3v) is 6.39. The Morgan fingerprint density at radius 2 is 1.84 bits per heavy atom. The zero-order chi connectivity index (χ0) is 18.6. The van der Waals surface area contributed by atoms with Gasteiger partial charge in [-0.15, -0.1) is 0 Å². The molecule has 0 saturated carbocycles. The van der Waals surface area contributed by atoms with Gasteiger partial charge in [0.15, 0.2) is 9.84 Å². The van der Waals surface area contributed by atoms with E-state index >= 15 is 0 Å². The van der Waals surface area contributed by atoms with Gasteiger partial charge in [-0.2, -0.15) is 0 Å². The maximum absolute atomic E-state index is 12.5. The van der Waals surface area contributed by atoms with Crippen LogP contribution in [0.5, 0.6) is 0 Å². The number of carbonyl (C=O) groups excluding carboxylic acids is 2. The minimum atomic E-state index is -3.01. The Bertz CT molecular complexity index is 732. The van der Waals surface area contributed by atoms with Crippen LogP contribution in [0.2, 0.25) is 5.02 Å². The van der Waals surface area contributed by atoms with Gasteiger partial charge in [-0.05, 0) is 36.0 Å². The molecular formula is C17H23ClN2O4S. The van der Waals surface area contributed by atoms with E-state index in [1.807, 2.05) is 13.8 Å². The number of sulfone groups is 1. The van der Waals surface area contributed by atoms with Crippen molar-refractivity contribution in [3.63, 3.8) is 0 Å². The number of amides is 2. The van der Waals surface area contributed by atoms with E-state index in [1.54, 1.807) is 24.3 Å². The molecule has 1 aliphatic heterocycles. The van der Waals surface area contributed by atoms with Gasteiger partial charge in [0.05, 0.1) is 17.4 Å². The van der Waals surface area contributed by atoms with Crippen molar-refractivity contribution >= 4 is 33.3 Å². The molecule has 0 aliphatic carbocycles. The summed E-state index contributed by atoms with van der Waals surface area (Å²) in [6.45, 7) is 3.84. The third kappa shape index (κ3) is 5.71. The van der Waals surface area contributed by atoms with Crippen molar-refractivity contribution < 1.29 is 18.0 Å². The predicted molar refractivity (Wildman–Crippen MR) is 96.7 cm³/mol. The number of hydrogen-bond acceptors (Lipinski definition) is 4. The summed E-state index contributed by atoms with van der Waals surface area (Å²) in [5.74, 6) is -1.11. The van der Waals surface area contributed by atoms with Gasteiger partial charge in [0, 0.05) is 11.4 Å². The summed E-state index contributed by atoms with van der Waals surface area (Å²) in [7, 11) is -3.01. The number of carbonyl (C=O) groups is 2. The number of nitrogens with one attached hydrogen (secondary N) is 2. The van der Waals surface area contributed by atoms with Crippen LogP contribution >= 0.6 is 11.6 Å². The Kier molecular flexibility index (Phi) is 6.46. The molecule has 1 saturated heterocycles. The molecule has 0 unspecified atom stereocenters. The molecule has 6 nitrogen and oxygen atoms in total. The molecule has 1 aromatic rings. The topological polar surface area (TPSA) is 92.3 Å². The average molecular weight is 387 g/mol. The molecule has 138 valence electrons. The van der Waals surface area contributed by atoms with E-state index in [4.69, 9.17) is 11.6 Å². The van der Waals surface area contributed by atoms with Gasteiger partial charge in [0.2, 0.25) is 11.8 Å². The molecule has 1 fully saturated rings. The van der Waals surface area contributed by atoms with Gasteiger partial charge in [-0.1, -0.05) is 37.6 Å². The molecule has 2 atom stereocenters. The SMILES string of the molecule is CC(C)[C@@H](C(=O)NNC(=O)C[C@H]1CCS(=O)(=O)C1)c1ccc(Cl)cc1. The first kappa shape index (κ1) is 19.7. The first-order chi connectivity index (χ1) is 11.7. The minimum Gasteiger partial charge on any atom is -0.273 e. The maximum Gasteiger partial charge on any atom is 0.246 e. The predicted octanol–water partition coefficient (Wildman–Crippen LogP) is 2.05. The van der Waals surface area contributed by atoms with E-state index in [2.05, 4.69) is 10.9 Å². The summed E-state index contributed by atoms with van der Waals surface area (Å²) in [6.07, 6.45) is 0.579. The number of rotatable bonds is 5. The molecule has 2 rings (SSSR count). The zero-order valence-electron chi connectivity index (χ0n) is 14.3. The van der Waals surface area contributed by atoms with Gasteiger partial charge < -0.3 is 0 Å². The lowest BCUT2D eigenvalue weighted by atomic mass is 9.88. The summed E-state index contributed by atoms with van der Waals surface area (Å²) >= 11 is 5.88. The Balaban J connectivity index is 1.90. The molecule has 0 aromatic heterocycles. The molecule has 0 radical (unpaired) electrons. The van der Waals surface area contributed by atoms with E-state index in [0.29, 0.717) is 11.4 Å². The Morgan fingerprint density at radius 1 is 1.20 bits per heavy atom. The molecular weight excluding hydrogens is 364 g/mol. The number of benzene rings is 1. The van der Waals surface area contributed by atoms with Crippen LogP contribution in [0.3, 0.4) is 0 Å². The largest absolute Gasteiger partial charge is 0.273 e. The van der Waals surface area contributed by atoms with Gasteiger partial charge in [-0.25, -0.2) is 8.42 Å². The third-order valence-electron chi connectivity index (χ3n) is 4.30. The lowest BCUT2D eigenvalue weighted by Gasteiger charge is -2.21. The average Bonchev–Trinajstić information content (AvgIpc) is 2.86. The van der Waals surface area contributed by atoms with Crippen LogP contribution in [-0.2, 0) is 19.4 Å². The highest BCUT2D eigenvalue weighted by molar-refractivity contribution is 7.91. The summed E-state index contributed by atoms with van der Waals surface area (Å²) in [6, 6.07) is 7.02. The Hall–Kier alpha value is -1.60. The van der Waals surface area contributed by atoms with Gasteiger partial charge >= 0.3 is 0 Å². The second kappa shape index (κ2) is 8.19. The fraction of sp³-hybridized carbons (Fsp3) is 0.529. The van der Waals surface area contributed by atoms with E-state index in [9.17, 15) is 18.0 Å². The summed E-state index contributed by atoms with van der Waals surface area (Å²) in [5, 5.41) is 0.589. The summed E-state index contributed by atoms with van der Waals surface area (Å²) in [5.41, 5.74) is 5.66. The normalized spacial score (nSPS) is 20.2. The van der Waals surface area contributed by atoms with E-state index in [1.165, 1.54) is 0 Å². The highest BCUT2D eigenvalue weighted by Crippen LogP contribution is 2.26. The van der Waals surface area contributed by atoms with Gasteiger partial charge in [0.25, 0.3) is 0 Å². The molecule has 0 bridgehead atoms. The second-order valence-electron chi connectivity index (χ2n) is 6.78. The molecule has 25 heavy (non-hydrogen) atoms. The molecule has 1 aromatic carbocycles. The van der Waals surface area contributed by atoms with Crippen LogP contribution in [0, 0.1) is 11.8 Å². The van der Waals surface area contributed by atoms with Crippen molar-refractivity contribution in [2.24, 2.45) is 11.8 Å². The van der Waals surface area contributed by atoms with Crippen LogP contribution in [-0.4, -0.2) is 31.7 Å². The standard InChI is InChI=1S/C17H23ClN2O4S/c1-11(2)16(13-3-5-14(18)6-4-13)17(22)20-19-15(21)9-12-7-8-25(23,24)10-12/h3-6,11-12,16H,7-10H2,1-2H3,(H,19,21)(H,20,22)/t12-,16-/m1/s1. The smallest absolute Gasteiger partial charge is 0.246 e. The minimum absolute atomic E-state index is 0.0260. The van der Waals surface area contributed by atoms with Crippen molar-refractivity contribution in [1.82, 2.24) is 10.9 Å². The van der Waals surface area contributed by atoms with E-state index in [0.717, 1.165) is 5.56 Å². The number of hydrogen-bond donors (Lipinski definition) is 2. The van der Waals surface area contributed by atoms with Crippen molar-refractivity contribution in [2.75, 3.05) is 11.5 Å². The quantitative estimate of drug-likeness (QED) is 0.757. The Labute approximate surface area is 153 Å². The highest BCUT2D eigenvalue weighted by Gasteiger charge is 2.30. The summed E-state index contributed by atoms with van der Waals surface area (Å²) < 4.78 is 22.8. The van der Waals surface area contributed by atoms with Gasteiger partial charge in [0.1, 0.15) is 0 Å². The molecule has 8 heteroatoms. The van der Waals surface area contributed by atoms with Crippen molar-refractivity contribution in [3.8, 4) is 0 Å². The Morgan fingerprint density at radius 3 is 2.36 bits per heavy atom. The fourth-order valence-corrected chi connectivity index (χ4v) is 5.05. The first-order valence-electron chi connectivity index (χ1n) is 8.22. The van der Waals surface area contributed by atoms with Crippen LogP contribution in [0.25, 0.3) is 0 Å². The maximum atomic E-state index is 12.5. The monoisotopic (exact) mass is 386 g/mol. The molecule has 1 heterocycles. The van der Waals surface area contributed by atoms with Crippen molar-refractivity contribution in [2.45, 2.75) is 32.6 Å². The molecule has 1 aliphatic rings. The lowest BCUT2D eigenvalue weighted by Crippen LogP contribution is -2.45. The van der Waals surface area contributed by atoms with Crippen LogP contribution < -0.4 is 10.9 Å². The van der Waals surface area contributed by atoms with Crippen LogP contribution in [0.15, 0.2) is 24.3 Å². The molecule has 2 amide bonds. The van der Waals surface area contributed by atoms with Crippen LogP contribution in [0.1, 0.15) is 38.2 Å². The first-order valence-corrected chi connectivity index (χ1v) is 10.4. The summed E-state index contributed by atoms with van der Waals surface area (Å²) in [4.78, 5) is 24.4. The number of hydrazine groups is 1. The highest BCUT2D eigenvalue weighted by atomic mass is 35.5. The zero-order valence-corrected chi connectivity index (χ0v) is 15.9. The van der Waals surface area contributed by atoms with Crippen molar-refractivity contribution in [1.29, 1.82) is 0 Å².